The highest BCUT2D eigenvalue weighted by atomic mass is 19.1. The van der Waals surface area contributed by atoms with E-state index < -0.39 is 11.9 Å². The van der Waals surface area contributed by atoms with Gasteiger partial charge in [-0.05, 0) is 29.8 Å². The van der Waals surface area contributed by atoms with Gasteiger partial charge in [-0.2, -0.15) is 4.39 Å². The number of rotatable bonds is 8. The second-order valence-electron chi connectivity index (χ2n) is 8.00. The molecule has 0 aliphatic carbocycles. The number of hydrogen-bond acceptors (Lipinski definition) is 7. The fraction of sp³-hybridized carbons (Fsp3) is 0.250. The molecule has 9 nitrogen and oxygen atoms in total. The number of amides is 2. The predicted molar refractivity (Wildman–Crippen MR) is 126 cm³/mol. The molecule has 4 rings (SSSR count). The third-order valence-corrected chi connectivity index (χ3v) is 5.71. The summed E-state index contributed by atoms with van der Waals surface area (Å²) >= 11 is 0. The Labute approximate surface area is 196 Å². The number of hydrogen-bond donors (Lipinski definition) is 2. The summed E-state index contributed by atoms with van der Waals surface area (Å²) in [5.41, 5.74) is 8.09. The van der Waals surface area contributed by atoms with Gasteiger partial charge in [-0.25, -0.2) is 9.97 Å². The van der Waals surface area contributed by atoms with Crippen molar-refractivity contribution in [3.05, 3.63) is 71.8 Å². The van der Waals surface area contributed by atoms with Gasteiger partial charge in [0.2, 0.25) is 11.9 Å². The standard InChI is InChI=1S/C24H25FN6O3/c1-30(22-5-3-4-20(25)29-22)19-10-21(27-11-18(19)24(26)33)28-17-8-6-15(7-9-17)16-12-31(13-16)23(32)14-34-2/h3-11,16H,12-14H2,1-2H3,(H2,26,33)(H,27,28). The summed E-state index contributed by atoms with van der Waals surface area (Å²) in [4.78, 5) is 35.3. The Morgan fingerprint density at radius 2 is 1.97 bits per heavy atom. The molecular weight excluding hydrogens is 439 g/mol. The van der Waals surface area contributed by atoms with Crippen molar-refractivity contribution in [1.82, 2.24) is 14.9 Å². The van der Waals surface area contributed by atoms with E-state index in [4.69, 9.17) is 10.5 Å². The zero-order valence-electron chi connectivity index (χ0n) is 18.9. The zero-order chi connectivity index (χ0) is 24.2. The van der Waals surface area contributed by atoms with Crippen LogP contribution >= 0.6 is 0 Å². The fourth-order valence-electron chi connectivity index (χ4n) is 3.78. The molecule has 0 spiro atoms. The third kappa shape index (κ3) is 4.96. The van der Waals surface area contributed by atoms with Crippen LogP contribution in [0, 0.1) is 5.95 Å². The predicted octanol–water partition coefficient (Wildman–Crippen LogP) is 2.80. The highest BCUT2D eigenvalue weighted by molar-refractivity contribution is 5.99. The summed E-state index contributed by atoms with van der Waals surface area (Å²) in [5, 5.41) is 3.21. The van der Waals surface area contributed by atoms with Crippen molar-refractivity contribution in [2.75, 3.05) is 44.1 Å². The van der Waals surface area contributed by atoms with Gasteiger partial charge < -0.3 is 25.6 Å². The van der Waals surface area contributed by atoms with Gasteiger partial charge in [0.05, 0.1) is 11.3 Å². The molecule has 34 heavy (non-hydrogen) atoms. The monoisotopic (exact) mass is 464 g/mol. The molecule has 1 aliphatic heterocycles. The number of likely N-dealkylation sites (tertiary alicyclic amines) is 1. The van der Waals surface area contributed by atoms with E-state index in [2.05, 4.69) is 15.3 Å². The van der Waals surface area contributed by atoms with Crippen molar-refractivity contribution >= 4 is 34.8 Å². The van der Waals surface area contributed by atoms with Gasteiger partial charge in [-0.3, -0.25) is 9.59 Å². The summed E-state index contributed by atoms with van der Waals surface area (Å²) in [5.74, 6) is -0.188. The molecule has 2 aromatic heterocycles. The molecule has 3 N–H and O–H groups in total. The summed E-state index contributed by atoms with van der Waals surface area (Å²) in [6, 6.07) is 13.9. The second-order valence-corrected chi connectivity index (χ2v) is 8.00. The Hall–Kier alpha value is -4.05. The van der Waals surface area contributed by atoms with E-state index in [1.54, 1.807) is 29.0 Å². The van der Waals surface area contributed by atoms with Crippen molar-refractivity contribution in [3.8, 4) is 0 Å². The van der Waals surface area contributed by atoms with E-state index in [1.807, 2.05) is 24.3 Å². The number of halogens is 1. The average molecular weight is 465 g/mol. The largest absolute Gasteiger partial charge is 0.375 e. The number of pyridine rings is 2. The van der Waals surface area contributed by atoms with Gasteiger partial charge in [0.1, 0.15) is 18.2 Å². The van der Waals surface area contributed by atoms with E-state index in [0.29, 0.717) is 36.3 Å². The van der Waals surface area contributed by atoms with Gasteiger partial charge >= 0.3 is 0 Å². The van der Waals surface area contributed by atoms with Crippen LogP contribution in [0.2, 0.25) is 0 Å². The molecular formula is C24H25FN6O3. The maximum Gasteiger partial charge on any atom is 0.252 e. The number of methoxy groups -OCH3 is 1. The van der Waals surface area contributed by atoms with E-state index in [1.165, 1.54) is 25.4 Å². The molecule has 3 heterocycles. The molecule has 0 atom stereocenters. The molecule has 3 aromatic rings. The number of ether oxygens (including phenoxy) is 1. The second kappa shape index (κ2) is 9.84. The number of anilines is 4. The number of nitrogens with zero attached hydrogens (tertiary/aromatic N) is 4. The zero-order valence-corrected chi connectivity index (χ0v) is 18.9. The van der Waals surface area contributed by atoms with Crippen LogP contribution in [0.15, 0.2) is 54.7 Å². The van der Waals surface area contributed by atoms with Crippen LogP contribution in [0.25, 0.3) is 0 Å². The van der Waals surface area contributed by atoms with Crippen LogP contribution in [0.4, 0.5) is 27.4 Å². The van der Waals surface area contributed by atoms with Crippen LogP contribution in [-0.4, -0.2) is 60.5 Å². The van der Waals surface area contributed by atoms with Crippen molar-refractivity contribution in [2.45, 2.75) is 5.92 Å². The first-order chi connectivity index (χ1) is 16.4. The Bertz CT molecular complexity index is 1200. The van der Waals surface area contributed by atoms with Crippen LogP contribution in [-0.2, 0) is 9.53 Å². The lowest BCUT2D eigenvalue weighted by atomic mass is 9.91. The van der Waals surface area contributed by atoms with E-state index >= 15 is 0 Å². The number of carbonyl (C=O) groups is 2. The molecule has 0 unspecified atom stereocenters. The SMILES string of the molecule is COCC(=O)N1CC(c2ccc(Nc3cc(N(C)c4cccc(F)n4)c(C(N)=O)cn3)cc2)C1. The summed E-state index contributed by atoms with van der Waals surface area (Å²) in [6.07, 6.45) is 1.38. The molecule has 1 aromatic carbocycles. The number of aromatic nitrogens is 2. The first-order valence-corrected chi connectivity index (χ1v) is 10.7. The smallest absolute Gasteiger partial charge is 0.252 e. The van der Waals surface area contributed by atoms with Crippen molar-refractivity contribution in [1.29, 1.82) is 0 Å². The Morgan fingerprint density at radius 1 is 1.24 bits per heavy atom. The molecule has 0 bridgehead atoms. The molecule has 0 saturated carbocycles. The molecule has 1 saturated heterocycles. The first-order valence-electron chi connectivity index (χ1n) is 10.7. The maximum absolute atomic E-state index is 13.6. The lowest BCUT2D eigenvalue weighted by Crippen LogP contribution is -2.49. The van der Waals surface area contributed by atoms with Gasteiger partial charge in [0.25, 0.3) is 5.91 Å². The fourth-order valence-corrected chi connectivity index (χ4v) is 3.78. The summed E-state index contributed by atoms with van der Waals surface area (Å²) in [6.45, 7) is 1.45. The number of carbonyl (C=O) groups excluding carboxylic acids is 2. The molecule has 1 aliphatic rings. The van der Waals surface area contributed by atoms with Gasteiger partial charge in [0, 0.05) is 51.1 Å². The van der Waals surface area contributed by atoms with E-state index in [-0.39, 0.29) is 18.1 Å². The molecule has 2 amide bonds. The molecule has 1 fully saturated rings. The van der Waals surface area contributed by atoms with Crippen molar-refractivity contribution in [3.63, 3.8) is 0 Å². The van der Waals surface area contributed by atoms with Crippen molar-refractivity contribution < 1.29 is 18.7 Å². The average Bonchev–Trinajstić information content (AvgIpc) is 2.79. The lowest BCUT2D eigenvalue weighted by molar-refractivity contribution is -0.139. The summed E-state index contributed by atoms with van der Waals surface area (Å²) < 4.78 is 18.5. The van der Waals surface area contributed by atoms with Crippen LogP contribution < -0.4 is 16.0 Å². The molecule has 176 valence electrons. The highest BCUT2D eigenvalue weighted by Gasteiger charge is 2.31. The van der Waals surface area contributed by atoms with Gasteiger partial charge in [-0.15, -0.1) is 0 Å². The Kier molecular flexibility index (Phi) is 6.69. The van der Waals surface area contributed by atoms with Crippen molar-refractivity contribution in [2.24, 2.45) is 5.73 Å². The van der Waals surface area contributed by atoms with Gasteiger partial charge in [-0.1, -0.05) is 18.2 Å². The van der Waals surface area contributed by atoms with Crippen LogP contribution in [0.5, 0.6) is 0 Å². The number of nitrogens with one attached hydrogen (secondary N) is 1. The number of benzene rings is 1. The van der Waals surface area contributed by atoms with Crippen LogP contribution in [0.3, 0.4) is 0 Å². The highest BCUT2D eigenvalue weighted by Crippen LogP contribution is 2.31. The third-order valence-electron chi connectivity index (χ3n) is 5.71. The summed E-state index contributed by atoms with van der Waals surface area (Å²) in [7, 11) is 3.18. The topological polar surface area (TPSA) is 114 Å². The number of nitrogens with two attached hydrogens (primary N) is 1. The minimum atomic E-state index is -0.653. The van der Waals surface area contributed by atoms with Crippen LogP contribution in [0.1, 0.15) is 21.8 Å². The minimum Gasteiger partial charge on any atom is -0.375 e. The Morgan fingerprint density at radius 3 is 2.62 bits per heavy atom. The Balaban J connectivity index is 1.48. The lowest BCUT2D eigenvalue weighted by Gasteiger charge is -2.39. The quantitative estimate of drug-likeness (QED) is 0.493. The van der Waals surface area contributed by atoms with E-state index in [0.717, 1.165) is 11.3 Å². The van der Waals surface area contributed by atoms with Gasteiger partial charge in [0.15, 0.2) is 0 Å². The molecule has 10 heteroatoms. The molecule has 0 radical (unpaired) electrons. The first kappa shape index (κ1) is 23.1. The van der Waals surface area contributed by atoms with E-state index in [9.17, 15) is 14.0 Å². The minimum absolute atomic E-state index is 0.00303. The maximum atomic E-state index is 13.6. The normalized spacial score (nSPS) is 13.3. The number of primary amides is 1.